The molecule has 0 saturated heterocycles. The predicted octanol–water partition coefficient (Wildman–Crippen LogP) is 2.64. The molecule has 6 nitrogen and oxygen atoms in total. The van der Waals surface area contributed by atoms with E-state index >= 15 is 0 Å². The van der Waals surface area contributed by atoms with E-state index in [0.717, 1.165) is 20.7 Å². The van der Waals surface area contributed by atoms with Crippen LogP contribution in [0, 0.1) is 6.92 Å². The molecular weight excluding hydrogens is 370 g/mol. The second kappa shape index (κ2) is 6.45. The van der Waals surface area contributed by atoms with Crippen molar-refractivity contribution < 1.29 is 14.3 Å². The number of thiazole rings is 1. The molecule has 22 heavy (non-hydrogen) atoms. The lowest BCUT2D eigenvalue weighted by molar-refractivity contribution is -0.120. The third-order valence-electron chi connectivity index (χ3n) is 2.86. The van der Waals surface area contributed by atoms with Gasteiger partial charge in [0, 0.05) is 5.38 Å². The van der Waals surface area contributed by atoms with Gasteiger partial charge in [-0.1, -0.05) is 0 Å². The summed E-state index contributed by atoms with van der Waals surface area (Å²) in [4.78, 5) is 16.0. The summed E-state index contributed by atoms with van der Waals surface area (Å²) in [5, 5.41) is 6.75. The Labute approximate surface area is 139 Å². The van der Waals surface area contributed by atoms with E-state index in [4.69, 9.17) is 9.47 Å². The lowest BCUT2D eigenvalue weighted by atomic mass is 10.2. The summed E-state index contributed by atoms with van der Waals surface area (Å²) < 4.78 is 11.4. The van der Waals surface area contributed by atoms with E-state index in [1.54, 1.807) is 12.3 Å². The summed E-state index contributed by atoms with van der Waals surface area (Å²) in [5.41, 5.74) is 4.03. The largest absolute Gasteiger partial charge is 0.454 e. The molecule has 1 N–H and O–H groups in total. The fraction of sp³-hybridized carbons (Fsp3) is 0.214. The topological polar surface area (TPSA) is 72.8 Å². The fourth-order valence-electron chi connectivity index (χ4n) is 1.93. The predicted molar refractivity (Wildman–Crippen MR) is 86.6 cm³/mol. The molecular formula is C14H12BrN3O3S. The van der Waals surface area contributed by atoms with E-state index in [1.165, 1.54) is 11.3 Å². The molecule has 2 aromatic rings. The average Bonchev–Trinajstić information content (AvgIpc) is 3.08. The van der Waals surface area contributed by atoms with Crippen LogP contribution in [-0.4, -0.2) is 23.9 Å². The molecule has 0 saturated carbocycles. The maximum absolute atomic E-state index is 11.8. The highest BCUT2D eigenvalue weighted by molar-refractivity contribution is 9.10. The van der Waals surface area contributed by atoms with Crippen LogP contribution in [0.1, 0.15) is 16.3 Å². The highest BCUT2D eigenvalue weighted by Gasteiger charge is 2.17. The van der Waals surface area contributed by atoms with Crippen LogP contribution in [0.25, 0.3) is 0 Å². The molecule has 0 bridgehead atoms. The van der Waals surface area contributed by atoms with E-state index in [9.17, 15) is 4.79 Å². The number of fused-ring (bicyclic) bond motifs is 1. The highest BCUT2D eigenvalue weighted by atomic mass is 79.9. The van der Waals surface area contributed by atoms with Crippen LogP contribution in [-0.2, 0) is 11.2 Å². The fourth-order valence-corrected chi connectivity index (χ4v) is 3.12. The Morgan fingerprint density at radius 3 is 3.18 bits per heavy atom. The van der Waals surface area contributed by atoms with E-state index in [-0.39, 0.29) is 19.1 Å². The molecule has 0 radical (unpaired) electrons. The van der Waals surface area contributed by atoms with Crippen molar-refractivity contribution >= 4 is 39.4 Å². The first kappa shape index (κ1) is 15.0. The van der Waals surface area contributed by atoms with E-state index in [1.807, 2.05) is 18.4 Å². The standard InChI is InChI=1S/C14H12BrN3O3S/c1-8-17-10(6-22-8)4-13(19)18-16-5-9-2-11(15)14-12(3-9)20-7-21-14/h2-3,5-6H,4,7H2,1H3,(H,18,19)/b16-5-. The lowest BCUT2D eigenvalue weighted by Gasteiger charge is -2.01. The Balaban J connectivity index is 1.60. The Morgan fingerprint density at radius 1 is 1.55 bits per heavy atom. The Morgan fingerprint density at radius 2 is 2.41 bits per heavy atom. The molecule has 0 aliphatic carbocycles. The van der Waals surface area contributed by atoms with Crippen LogP contribution in [0.5, 0.6) is 11.5 Å². The van der Waals surface area contributed by atoms with Crippen LogP contribution < -0.4 is 14.9 Å². The molecule has 1 aromatic heterocycles. The Bertz CT molecular complexity index is 745. The van der Waals surface area contributed by atoms with Crippen molar-refractivity contribution in [2.75, 3.05) is 6.79 Å². The number of nitrogens with one attached hydrogen (secondary N) is 1. The zero-order valence-corrected chi connectivity index (χ0v) is 14.0. The lowest BCUT2D eigenvalue weighted by Crippen LogP contribution is -2.19. The second-order valence-electron chi connectivity index (χ2n) is 4.56. The number of benzene rings is 1. The molecule has 2 heterocycles. The van der Waals surface area contributed by atoms with Crippen molar-refractivity contribution in [1.82, 2.24) is 10.4 Å². The first-order valence-corrected chi connectivity index (χ1v) is 8.11. The number of carbonyl (C=O) groups is 1. The van der Waals surface area contributed by atoms with Crippen LogP contribution in [0.2, 0.25) is 0 Å². The van der Waals surface area contributed by atoms with Gasteiger partial charge in [0.2, 0.25) is 12.7 Å². The summed E-state index contributed by atoms with van der Waals surface area (Å²) >= 11 is 4.92. The maximum atomic E-state index is 11.8. The molecule has 8 heteroatoms. The zero-order chi connectivity index (χ0) is 15.5. The van der Waals surface area contributed by atoms with Crippen molar-refractivity contribution in [2.45, 2.75) is 13.3 Å². The number of rotatable bonds is 4. The van der Waals surface area contributed by atoms with E-state index < -0.39 is 0 Å². The number of ether oxygens (including phenoxy) is 2. The Hall–Kier alpha value is -1.93. The summed E-state index contributed by atoms with van der Waals surface area (Å²) in [5.74, 6) is 1.13. The third-order valence-corrected chi connectivity index (χ3v) is 4.27. The molecule has 0 atom stereocenters. The summed E-state index contributed by atoms with van der Waals surface area (Å²) in [6.07, 6.45) is 1.77. The van der Waals surface area contributed by atoms with Crippen molar-refractivity contribution in [3.05, 3.63) is 38.3 Å². The first-order chi connectivity index (χ1) is 10.6. The molecule has 3 rings (SSSR count). The number of carbonyl (C=O) groups excluding carboxylic acids is 1. The molecule has 1 aliphatic rings. The van der Waals surface area contributed by atoms with Gasteiger partial charge in [0.15, 0.2) is 11.5 Å². The van der Waals surface area contributed by atoms with Crippen molar-refractivity contribution in [1.29, 1.82) is 0 Å². The SMILES string of the molecule is Cc1nc(CC(=O)N/N=C\c2cc(Br)c3c(c2)OCO3)cs1. The second-order valence-corrected chi connectivity index (χ2v) is 6.48. The van der Waals surface area contributed by atoms with E-state index in [2.05, 4.69) is 31.4 Å². The van der Waals surface area contributed by atoms with Crippen molar-refractivity contribution in [2.24, 2.45) is 5.10 Å². The van der Waals surface area contributed by atoms with Gasteiger partial charge in [0.05, 0.1) is 27.8 Å². The van der Waals surface area contributed by atoms with Gasteiger partial charge in [-0.3, -0.25) is 4.79 Å². The van der Waals surface area contributed by atoms with Gasteiger partial charge in [0.25, 0.3) is 0 Å². The number of hydrogen-bond donors (Lipinski definition) is 1. The summed E-state index contributed by atoms with van der Waals surface area (Å²) in [7, 11) is 0. The minimum absolute atomic E-state index is 0.207. The number of amides is 1. The molecule has 1 aliphatic heterocycles. The number of hydrazone groups is 1. The molecule has 0 fully saturated rings. The summed E-state index contributed by atoms with van der Waals surface area (Å²) in [6, 6.07) is 3.64. The summed E-state index contributed by atoms with van der Waals surface area (Å²) in [6.45, 7) is 2.11. The smallest absolute Gasteiger partial charge is 0.246 e. The number of aromatic nitrogens is 1. The Kier molecular flexibility index (Phi) is 4.39. The highest BCUT2D eigenvalue weighted by Crippen LogP contribution is 2.39. The monoisotopic (exact) mass is 381 g/mol. The maximum Gasteiger partial charge on any atom is 0.246 e. The third kappa shape index (κ3) is 3.45. The molecule has 114 valence electrons. The minimum Gasteiger partial charge on any atom is -0.454 e. The van der Waals surface area contributed by atoms with Crippen LogP contribution in [0.4, 0.5) is 0 Å². The van der Waals surface area contributed by atoms with Gasteiger partial charge in [0.1, 0.15) is 0 Å². The van der Waals surface area contributed by atoms with Gasteiger partial charge in [-0.25, -0.2) is 10.4 Å². The van der Waals surface area contributed by atoms with Crippen LogP contribution in [0.3, 0.4) is 0 Å². The van der Waals surface area contributed by atoms with Crippen molar-refractivity contribution in [3.63, 3.8) is 0 Å². The first-order valence-electron chi connectivity index (χ1n) is 6.44. The van der Waals surface area contributed by atoms with Crippen LogP contribution in [0.15, 0.2) is 27.1 Å². The number of halogens is 1. The molecule has 0 spiro atoms. The van der Waals surface area contributed by atoms with Gasteiger partial charge < -0.3 is 9.47 Å². The minimum atomic E-state index is -0.207. The van der Waals surface area contributed by atoms with Crippen LogP contribution >= 0.6 is 27.3 Å². The number of aryl methyl sites for hydroxylation is 1. The number of nitrogens with zero attached hydrogens (tertiary/aromatic N) is 2. The average molecular weight is 382 g/mol. The van der Waals surface area contributed by atoms with Crippen molar-refractivity contribution in [3.8, 4) is 11.5 Å². The molecule has 1 aromatic carbocycles. The van der Waals surface area contributed by atoms with Gasteiger partial charge in [-0.15, -0.1) is 11.3 Å². The van der Waals surface area contributed by atoms with Gasteiger partial charge >= 0.3 is 0 Å². The normalized spacial score (nSPS) is 12.8. The molecule has 1 amide bonds. The quantitative estimate of drug-likeness (QED) is 0.652. The molecule has 0 unspecified atom stereocenters. The zero-order valence-electron chi connectivity index (χ0n) is 11.6. The van der Waals surface area contributed by atoms with Gasteiger partial charge in [-0.05, 0) is 40.5 Å². The van der Waals surface area contributed by atoms with E-state index in [0.29, 0.717) is 11.5 Å². The number of hydrogen-bond acceptors (Lipinski definition) is 6. The van der Waals surface area contributed by atoms with Gasteiger partial charge in [-0.2, -0.15) is 5.10 Å².